The fourth-order valence-electron chi connectivity index (χ4n) is 2.36. The van der Waals surface area contributed by atoms with Gasteiger partial charge in [-0.05, 0) is 30.7 Å². The van der Waals surface area contributed by atoms with Crippen molar-refractivity contribution in [3.8, 4) is 0 Å². The quantitative estimate of drug-likeness (QED) is 0.491. The molecule has 0 aliphatic rings. The third-order valence-electron chi connectivity index (χ3n) is 3.46. The van der Waals surface area contributed by atoms with Crippen molar-refractivity contribution in [2.45, 2.75) is 58.4 Å². The Labute approximate surface area is 119 Å². The maximum atomic E-state index is 13.3. The van der Waals surface area contributed by atoms with E-state index in [4.69, 9.17) is 0 Å². The Morgan fingerprint density at radius 1 is 0.950 bits per heavy atom. The minimum Gasteiger partial charge on any atom is -0.310 e. The van der Waals surface area contributed by atoms with Gasteiger partial charge in [-0.25, -0.2) is 13.2 Å². The van der Waals surface area contributed by atoms with Crippen molar-refractivity contribution in [1.29, 1.82) is 0 Å². The van der Waals surface area contributed by atoms with Crippen LogP contribution in [0.25, 0.3) is 0 Å². The largest absolute Gasteiger partial charge is 0.310 e. The molecule has 0 amide bonds. The van der Waals surface area contributed by atoms with Gasteiger partial charge in [0.15, 0.2) is 17.5 Å². The molecule has 4 heteroatoms. The Morgan fingerprint density at radius 2 is 1.55 bits per heavy atom. The third kappa shape index (κ3) is 5.16. The maximum absolute atomic E-state index is 13.3. The molecule has 0 saturated heterocycles. The van der Waals surface area contributed by atoms with Gasteiger partial charge in [-0.15, -0.1) is 0 Å². The standard InChI is InChI=1S/C16H24F3N/c1-3-5-6-7-8-9-15(20-4-2)12-10-13(17)16(19)14(18)11-12/h10-11,15,20H,3-9H2,1-2H3. The lowest BCUT2D eigenvalue weighted by Crippen LogP contribution is -2.21. The van der Waals surface area contributed by atoms with E-state index in [-0.39, 0.29) is 6.04 Å². The minimum atomic E-state index is -1.40. The molecule has 0 fully saturated rings. The Hall–Kier alpha value is -1.03. The van der Waals surface area contributed by atoms with E-state index in [2.05, 4.69) is 12.2 Å². The Balaban J connectivity index is 2.65. The van der Waals surface area contributed by atoms with Crippen LogP contribution in [0.4, 0.5) is 13.2 Å². The summed E-state index contributed by atoms with van der Waals surface area (Å²) in [5, 5.41) is 3.21. The van der Waals surface area contributed by atoms with Gasteiger partial charge in [-0.2, -0.15) is 0 Å². The average Bonchev–Trinajstić information content (AvgIpc) is 2.43. The molecule has 20 heavy (non-hydrogen) atoms. The highest BCUT2D eigenvalue weighted by molar-refractivity contribution is 5.22. The molecule has 0 aromatic heterocycles. The first-order valence-corrected chi connectivity index (χ1v) is 7.48. The molecule has 114 valence electrons. The molecule has 1 nitrogen and oxygen atoms in total. The van der Waals surface area contributed by atoms with Gasteiger partial charge in [0, 0.05) is 6.04 Å². The second-order valence-corrected chi connectivity index (χ2v) is 5.11. The predicted octanol–water partition coefficient (Wildman–Crippen LogP) is 5.12. The van der Waals surface area contributed by atoms with Crippen LogP contribution in [0.2, 0.25) is 0 Å². The second-order valence-electron chi connectivity index (χ2n) is 5.11. The van der Waals surface area contributed by atoms with E-state index in [0.717, 1.165) is 31.4 Å². The summed E-state index contributed by atoms with van der Waals surface area (Å²) >= 11 is 0. The predicted molar refractivity (Wildman–Crippen MR) is 76.1 cm³/mol. The SMILES string of the molecule is CCCCCCCC(NCC)c1cc(F)c(F)c(F)c1. The molecule has 0 saturated carbocycles. The number of halogens is 3. The zero-order chi connectivity index (χ0) is 15.0. The van der Waals surface area contributed by atoms with Crippen molar-refractivity contribution in [2.75, 3.05) is 6.54 Å². The lowest BCUT2D eigenvalue weighted by molar-refractivity contribution is 0.433. The first-order valence-electron chi connectivity index (χ1n) is 7.48. The molecular weight excluding hydrogens is 263 g/mol. The monoisotopic (exact) mass is 287 g/mol. The molecule has 1 rings (SSSR count). The van der Waals surface area contributed by atoms with Gasteiger partial charge in [0.1, 0.15) is 0 Å². The van der Waals surface area contributed by atoms with E-state index in [1.807, 2.05) is 6.92 Å². The highest BCUT2D eigenvalue weighted by Gasteiger charge is 2.16. The van der Waals surface area contributed by atoms with Crippen molar-refractivity contribution in [3.63, 3.8) is 0 Å². The van der Waals surface area contributed by atoms with Crippen molar-refractivity contribution >= 4 is 0 Å². The van der Waals surface area contributed by atoms with Crippen molar-refractivity contribution in [2.24, 2.45) is 0 Å². The molecule has 1 atom stereocenters. The van der Waals surface area contributed by atoms with Crippen LogP contribution in [0.15, 0.2) is 12.1 Å². The molecule has 1 N–H and O–H groups in total. The smallest absolute Gasteiger partial charge is 0.194 e. The normalized spacial score (nSPS) is 12.7. The fraction of sp³-hybridized carbons (Fsp3) is 0.625. The average molecular weight is 287 g/mol. The van der Waals surface area contributed by atoms with Gasteiger partial charge in [0.25, 0.3) is 0 Å². The van der Waals surface area contributed by atoms with Crippen LogP contribution in [-0.2, 0) is 0 Å². The fourth-order valence-corrected chi connectivity index (χ4v) is 2.36. The molecule has 1 unspecified atom stereocenters. The summed E-state index contributed by atoms with van der Waals surface area (Å²) in [5.74, 6) is -3.63. The van der Waals surface area contributed by atoms with Gasteiger partial charge in [-0.3, -0.25) is 0 Å². The molecule has 0 heterocycles. The first-order chi connectivity index (χ1) is 9.60. The van der Waals surface area contributed by atoms with E-state index in [9.17, 15) is 13.2 Å². The number of unbranched alkanes of at least 4 members (excludes halogenated alkanes) is 4. The number of hydrogen-bond donors (Lipinski definition) is 1. The maximum Gasteiger partial charge on any atom is 0.194 e. The van der Waals surface area contributed by atoms with Gasteiger partial charge in [0.05, 0.1) is 0 Å². The molecule has 0 spiro atoms. The molecule has 0 aliphatic carbocycles. The number of rotatable bonds is 9. The summed E-state index contributed by atoms with van der Waals surface area (Å²) in [7, 11) is 0. The second kappa shape index (κ2) is 9.01. The Morgan fingerprint density at radius 3 is 2.10 bits per heavy atom. The molecular formula is C16H24F3N. The summed E-state index contributed by atoms with van der Waals surface area (Å²) in [6.45, 7) is 4.81. The van der Waals surface area contributed by atoms with Gasteiger partial charge in [0.2, 0.25) is 0 Å². The summed E-state index contributed by atoms with van der Waals surface area (Å²) in [4.78, 5) is 0. The van der Waals surface area contributed by atoms with E-state index < -0.39 is 17.5 Å². The minimum absolute atomic E-state index is 0.119. The Bertz CT molecular complexity index is 384. The van der Waals surface area contributed by atoms with E-state index >= 15 is 0 Å². The summed E-state index contributed by atoms with van der Waals surface area (Å²) in [5.41, 5.74) is 0.485. The molecule has 1 aromatic carbocycles. The van der Waals surface area contributed by atoms with Gasteiger partial charge < -0.3 is 5.32 Å². The molecule has 0 radical (unpaired) electrons. The van der Waals surface area contributed by atoms with Gasteiger partial charge >= 0.3 is 0 Å². The molecule has 0 bridgehead atoms. The highest BCUT2D eigenvalue weighted by Crippen LogP contribution is 2.24. The lowest BCUT2D eigenvalue weighted by atomic mass is 9.99. The Kier molecular flexibility index (Phi) is 7.67. The summed E-state index contributed by atoms with van der Waals surface area (Å²) in [6.07, 6.45) is 6.50. The van der Waals surface area contributed by atoms with Crippen LogP contribution >= 0.6 is 0 Å². The number of benzene rings is 1. The zero-order valence-corrected chi connectivity index (χ0v) is 12.3. The lowest BCUT2D eigenvalue weighted by Gasteiger charge is -2.18. The van der Waals surface area contributed by atoms with Crippen LogP contribution < -0.4 is 5.32 Å². The first kappa shape index (κ1) is 17.0. The van der Waals surface area contributed by atoms with Crippen molar-refractivity contribution in [1.82, 2.24) is 5.32 Å². The molecule has 1 aromatic rings. The van der Waals surface area contributed by atoms with Gasteiger partial charge in [-0.1, -0.05) is 46.0 Å². The summed E-state index contributed by atoms with van der Waals surface area (Å²) < 4.78 is 39.6. The van der Waals surface area contributed by atoms with Crippen LogP contribution in [0.3, 0.4) is 0 Å². The number of hydrogen-bond acceptors (Lipinski definition) is 1. The molecule has 0 aliphatic heterocycles. The van der Waals surface area contributed by atoms with E-state index in [1.54, 1.807) is 0 Å². The van der Waals surface area contributed by atoms with Crippen LogP contribution in [0.1, 0.15) is 64.0 Å². The van der Waals surface area contributed by atoms with Crippen LogP contribution in [0, 0.1) is 17.5 Å². The van der Waals surface area contributed by atoms with Crippen molar-refractivity contribution in [3.05, 3.63) is 35.1 Å². The zero-order valence-electron chi connectivity index (χ0n) is 12.3. The van der Waals surface area contributed by atoms with E-state index in [1.165, 1.54) is 19.3 Å². The summed E-state index contributed by atoms with van der Waals surface area (Å²) in [6, 6.07) is 2.07. The highest BCUT2D eigenvalue weighted by atomic mass is 19.2. The topological polar surface area (TPSA) is 12.0 Å². The third-order valence-corrected chi connectivity index (χ3v) is 3.46. The van der Waals surface area contributed by atoms with Crippen LogP contribution in [-0.4, -0.2) is 6.54 Å². The van der Waals surface area contributed by atoms with Crippen molar-refractivity contribution < 1.29 is 13.2 Å². The van der Waals surface area contributed by atoms with Crippen LogP contribution in [0.5, 0.6) is 0 Å². The number of nitrogens with one attached hydrogen (secondary N) is 1. The van der Waals surface area contributed by atoms with E-state index in [0.29, 0.717) is 12.1 Å².